The van der Waals surface area contributed by atoms with Crippen molar-refractivity contribution in [3.63, 3.8) is 0 Å². The van der Waals surface area contributed by atoms with Crippen LogP contribution in [0.25, 0.3) is 0 Å². The first-order valence-electron chi connectivity index (χ1n) is 5.33. The van der Waals surface area contributed by atoms with E-state index >= 15 is 0 Å². The van der Waals surface area contributed by atoms with Gasteiger partial charge in [-0.15, -0.1) is 12.3 Å². The highest BCUT2D eigenvalue weighted by Crippen LogP contribution is 2.20. The summed E-state index contributed by atoms with van der Waals surface area (Å²) in [6.07, 6.45) is 5.31. The molecule has 1 rings (SSSR count). The molecule has 6 nitrogen and oxygen atoms in total. The molecule has 7 heteroatoms. The zero-order valence-electron chi connectivity index (χ0n) is 10.3. The van der Waals surface area contributed by atoms with Crippen molar-refractivity contribution < 1.29 is 17.9 Å². The summed E-state index contributed by atoms with van der Waals surface area (Å²) in [4.78, 5) is 11.2. The second kappa shape index (κ2) is 6.22. The van der Waals surface area contributed by atoms with Crippen LogP contribution in [0.15, 0.2) is 23.1 Å². The Morgan fingerprint density at radius 1 is 1.53 bits per heavy atom. The van der Waals surface area contributed by atoms with Crippen LogP contribution in [0.1, 0.15) is 16.8 Å². The summed E-state index contributed by atoms with van der Waals surface area (Å²) in [7, 11) is -2.51. The highest BCUT2D eigenvalue weighted by molar-refractivity contribution is 7.89. The summed E-state index contributed by atoms with van der Waals surface area (Å²) in [5.41, 5.74) is 5.79. The SMILES string of the molecule is C#CCCNS(=O)(=O)c1ccc(C(=O)OC)cc1N. The van der Waals surface area contributed by atoms with Gasteiger partial charge in [0.1, 0.15) is 4.90 Å². The van der Waals surface area contributed by atoms with Gasteiger partial charge in [-0.3, -0.25) is 0 Å². The largest absolute Gasteiger partial charge is 0.465 e. The lowest BCUT2D eigenvalue weighted by atomic mass is 10.2. The van der Waals surface area contributed by atoms with Crippen molar-refractivity contribution in [2.24, 2.45) is 0 Å². The molecule has 3 N–H and O–H groups in total. The molecule has 0 aliphatic carbocycles. The molecule has 0 aromatic heterocycles. The first-order chi connectivity index (χ1) is 8.92. The van der Waals surface area contributed by atoms with Crippen molar-refractivity contribution in [2.45, 2.75) is 11.3 Å². The van der Waals surface area contributed by atoms with E-state index in [2.05, 4.69) is 15.4 Å². The van der Waals surface area contributed by atoms with Gasteiger partial charge in [-0.25, -0.2) is 17.9 Å². The van der Waals surface area contributed by atoms with Crippen LogP contribution in [0.3, 0.4) is 0 Å². The molecule has 0 saturated heterocycles. The van der Waals surface area contributed by atoms with E-state index in [0.717, 1.165) is 0 Å². The molecule has 0 spiro atoms. The van der Waals surface area contributed by atoms with Crippen molar-refractivity contribution in [1.29, 1.82) is 0 Å². The fraction of sp³-hybridized carbons (Fsp3) is 0.250. The molecule has 0 unspecified atom stereocenters. The first-order valence-corrected chi connectivity index (χ1v) is 6.81. The van der Waals surface area contributed by atoms with E-state index in [1.165, 1.54) is 25.3 Å². The van der Waals surface area contributed by atoms with E-state index in [-0.39, 0.29) is 29.1 Å². The molecule has 0 heterocycles. The Bertz CT molecular complexity index is 617. The molecule has 102 valence electrons. The van der Waals surface area contributed by atoms with Crippen LogP contribution in [0, 0.1) is 12.3 Å². The van der Waals surface area contributed by atoms with Crippen LogP contribution in [0.4, 0.5) is 5.69 Å². The fourth-order valence-corrected chi connectivity index (χ4v) is 2.52. The summed E-state index contributed by atoms with van der Waals surface area (Å²) in [5.74, 6) is 1.73. The van der Waals surface area contributed by atoms with Crippen LogP contribution in [0.2, 0.25) is 0 Å². The van der Waals surface area contributed by atoms with Gasteiger partial charge in [0.05, 0.1) is 18.4 Å². The van der Waals surface area contributed by atoms with Crippen molar-refractivity contribution in [3.05, 3.63) is 23.8 Å². The Hall–Kier alpha value is -2.04. The van der Waals surface area contributed by atoms with Gasteiger partial charge in [-0.1, -0.05) is 0 Å². The average Bonchev–Trinajstić information content (AvgIpc) is 2.37. The van der Waals surface area contributed by atoms with Gasteiger partial charge in [0.2, 0.25) is 10.0 Å². The number of carbonyl (C=O) groups is 1. The number of hydrogen-bond acceptors (Lipinski definition) is 5. The molecular formula is C12H14N2O4S. The number of rotatable bonds is 5. The zero-order valence-corrected chi connectivity index (χ0v) is 11.2. The third kappa shape index (κ3) is 3.71. The molecular weight excluding hydrogens is 268 g/mol. The second-order valence-corrected chi connectivity index (χ2v) is 5.33. The minimum absolute atomic E-state index is 0.0314. The van der Waals surface area contributed by atoms with Crippen LogP contribution >= 0.6 is 0 Å². The van der Waals surface area contributed by atoms with E-state index in [0.29, 0.717) is 0 Å². The van der Waals surface area contributed by atoms with Crippen LogP contribution < -0.4 is 10.5 Å². The summed E-state index contributed by atoms with van der Waals surface area (Å²) in [6, 6.07) is 3.83. The number of methoxy groups -OCH3 is 1. The highest BCUT2D eigenvalue weighted by Gasteiger charge is 2.18. The lowest BCUT2D eigenvalue weighted by Crippen LogP contribution is -2.25. The molecule has 0 bridgehead atoms. The number of sulfonamides is 1. The number of nitrogens with two attached hydrogens (primary N) is 1. The van der Waals surface area contributed by atoms with E-state index < -0.39 is 16.0 Å². The van der Waals surface area contributed by atoms with Crippen molar-refractivity contribution in [2.75, 3.05) is 19.4 Å². The topological polar surface area (TPSA) is 98.5 Å². The number of ether oxygens (including phenoxy) is 1. The Labute approximate surface area is 112 Å². The number of benzene rings is 1. The lowest BCUT2D eigenvalue weighted by Gasteiger charge is -2.09. The van der Waals surface area contributed by atoms with Gasteiger partial charge in [0, 0.05) is 13.0 Å². The maximum atomic E-state index is 11.9. The fourth-order valence-electron chi connectivity index (χ4n) is 1.37. The molecule has 1 aromatic rings. The molecule has 0 saturated carbocycles. The predicted octanol–water partition coefficient (Wildman–Crippen LogP) is 0.357. The van der Waals surface area contributed by atoms with E-state index in [4.69, 9.17) is 12.2 Å². The summed E-state index contributed by atoms with van der Waals surface area (Å²) in [6.45, 7) is 0.122. The second-order valence-electron chi connectivity index (χ2n) is 3.60. The smallest absolute Gasteiger partial charge is 0.337 e. The quantitative estimate of drug-likeness (QED) is 0.351. The molecule has 0 aliphatic heterocycles. The van der Waals surface area contributed by atoms with Crippen molar-refractivity contribution in [1.82, 2.24) is 4.72 Å². The van der Waals surface area contributed by atoms with Crippen LogP contribution in [0.5, 0.6) is 0 Å². The Morgan fingerprint density at radius 2 is 2.21 bits per heavy atom. The first kappa shape index (κ1) is 15.0. The predicted molar refractivity (Wildman–Crippen MR) is 70.8 cm³/mol. The average molecular weight is 282 g/mol. The van der Waals surface area contributed by atoms with E-state index in [1.54, 1.807) is 0 Å². The van der Waals surface area contributed by atoms with Gasteiger partial charge in [-0.2, -0.15) is 0 Å². The van der Waals surface area contributed by atoms with E-state index in [9.17, 15) is 13.2 Å². The summed E-state index contributed by atoms with van der Waals surface area (Å²) < 4.78 is 30.6. The Kier molecular flexibility index (Phi) is 4.92. The molecule has 19 heavy (non-hydrogen) atoms. The van der Waals surface area contributed by atoms with E-state index in [1.807, 2.05) is 0 Å². The standard InChI is InChI=1S/C12H14N2O4S/c1-3-4-7-14-19(16,17)11-6-5-9(8-10(11)13)12(15)18-2/h1,5-6,8,14H,4,7,13H2,2H3. The molecule has 0 atom stereocenters. The molecule has 0 aliphatic rings. The van der Waals surface area contributed by atoms with Gasteiger partial charge < -0.3 is 10.5 Å². The summed E-state index contributed by atoms with van der Waals surface area (Å²) in [5, 5.41) is 0. The van der Waals surface area contributed by atoms with Crippen LogP contribution in [-0.2, 0) is 14.8 Å². The maximum absolute atomic E-state index is 11.9. The minimum atomic E-state index is -3.74. The number of carbonyl (C=O) groups excluding carboxylic acids is 1. The Balaban J connectivity index is 3.03. The van der Waals surface area contributed by atoms with Crippen molar-refractivity contribution >= 4 is 21.7 Å². The molecule has 0 radical (unpaired) electrons. The van der Waals surface area contributed by atoms with Gasteiger partial charge in [0.15, 0.2) is 0 Å². The summed E-state index contributed by atoms with van der Waals surface area (Å²) >= 11 is 0. The minimum Gasteiger partial charge on any atom is -0.465 e. The number of esters is 1. The normalized spacial score (nSPS) is 10.7. The van der Waals surface area contributed by atoms with Gasteiger partial charge in [0.25, 0.3) is 0 Å². The highest BCUT2D eigenvalue weighted by atomic mass is 32.2. The molecule has 0 amide bonds. The number of nitrogens with one attached hydrogen (secondary N) is 1. The van der Waals surface area contributed by atoms with Crippen LogP contribution in [-0.4, -0.2) is 28.0 Å². The third-order valence-electron chi connectivity index (χ3n) is 2.28. The van der Waals surface area contributed by atoms with Gasteiger partial charge >= 0.3 is 5.97 Å². The van der Waals surface area contributed by atoms with Crippen molar-refractivity contribution in [3.8, 4) is 12.3 Å². The third-order valence-corrected chi connectivity index (χ3v) is 3.82. The Morgan fingerprint density at radius 3 is 2.74 bits per heavy atom. The number of nitrogen functional groups attached to an aromatic ring is 1. The van der Waals surface area contributed by atoms with Gasteiger partial charge in [-0.05, 0) is 18.2 Å². The number of terminal acetylenes is 1. The molecule has 1 aromatic carbocycles. The number of anilines is 1. The monoisotopic (exact) mass is 282 g/mol. The number of hydrogen-bond donors (Lipinski definition) is 2. The lowest BCUT2D eigenvalue weighted by molar-refractivity contribution is 0.0600. The molecule has 0 fully saturated rings. The maximum Gasteiger partial charge on any atom is 0.337 e. The zero-order chi connectivity index (χ0) is 14.5.